The zero-order chi connectivity index (χ0) is 15.3. The van der Waals surface area contributed by atoms with Gasteiger partial charge in [0.15, 0.2) is 0 Å². The minimum atomic E-state index is -0.872. The topological polar surface area (TPSA) is 72.2 Å². The molecule has 0 saturated carbocycles. The summed E-state index contributed by atoms with van der Waals surface area (Å²) in [6.07, 6.45) is 0. The van der Waals surface area contributed by atoms with Crippen LogP contribution in [-0.2, 0) is 10.8 Å². The van der Waals surface area contributed by atoms with Gasteiger partial charge in [-0.3, -0.25) is 14.3 Å². The van der Waals surface area contributed by atoms with Crippen LogP contribution in [0.15, 0.2) is 24.3 Å². The van der Waals surface area contributed by atoms with Crippen LogP contribution < -0.4 is 5.32 Å². The quantitative estimate of drug-likeness (QED) is 0.647. The third kappa shape index (κ3) is 5.02. The SMILES string of the molecule is C[C@@H](NCC[S@](=O)C(C)(C)C)c1ccc([N+](=O)[O-])cc1. The van der Waals surface area contributed by atoms with Crippen molar-refractivity contribution in [3.63, 3.8) is 0 Å². The summed E-state index contributed by atoms with van der Waals surface area (Å²) in [6.45, 7) is 8.53. The maximum absolute atomic E-state index is 11.9. The Kier molecular flexibility index (Phi) is 5.83. The van der Waals surface area contributed by atoms with Crippen LogP contribution in [0.3, 0.4) is 0 Å². The molecule has 1 aromatic rings. The molecule has 0 bridgehead atoms. The number of rotatable bonds is 6. The zero-order valence-corrected chi connectivity index (χ0v) is 13.2. The number of benzene rings is 1. The van der Waals surface area contributed by atoms with Gasteiger partial charge < -0.3 is 5.32 Å². The van der Waals surface area contributed by atoms with Crippen LogP contribution in [0.25, 0.3) is 0 Å². The lowest BCUT2D eigenvalue weighted by Crippen LogP contribution is -2.30. The summed E-state index contributed by atoms with van der Waals surface area (Å²) in [5.74, 6) is 0.598. The molecular formula is C14H22N2O3S. The van der Waals surface area contributed by atoms with Crippen molar-refractivity contribution in [2.75, 3.05) is 12.3 Å². The highest BCUT2D eigenvalue weighted by atomic mass is 32.2. The molecule has 0 heterocycles. The Morgan fingerprint density at radius 2 is 1.85 bits per heavy atom. The lowest BCUT2D eigenvalue weighted by atomic mass is 10.1. The van der Waals surface area contributed by atoms with E-state index in [1.807, 2.05) is 27.7 Å². The van der Waals surface area contributed by atoms with E-state index in [9.17, 15) is 14.3 Å². The summed E-state index contributed by atoms with van der Waals surface area (Å²) in [5.41, 5.74) is 1.08. The van der Waals surface area contributed by atoms with E-state index in [0.29, 0.717) is 12.3 Å². The number of nitro groups is 1. The van der Waals surface area contributed by atoms with E-state index >= 15 is 0 Å². The van der Waals surface area contributed by atoms with Crippen LogP contribution in [0.1, 0.15) is 39.3 Å². The van der Waals surface area contributed by atoms with Crippen LogP contribution in [0, 0.1) is 10.1 Å². The van der Waals surface area contributed by atoms with Crippen molar-refractivity contribution in [2.24, 2.45) is 0 Å². The van der Waals surface area contributed by atoms with Crippen molar-refractivity contribution in [1.82, 2.24) is 5.32 Å². The van der Waals surface area contributed by atoms with E-state index < -0.39 is 15.7 Å². The third-order valence-electron chi connectivity index (χ3n) is 3.02. The number of nitro benzene ring substituents is 1. The van der Waals surface area contributed by atoms with Crippen LogP contribution >= 0.6 is 0 Å². The number of hydrogen-bond donors (Lipinski definition) is 1. The van der Waals surface area contributed by atoms with Gasteiger partial charge in [0.1, 0.15) is 0 Å². The van der Waals surface area contributed by atoms with Gasteiger partial charge in [-0.25, -0.2) is 0 Å². The van der Waals surface area contributed by atoms with Crippen molar-refractivity contribution in [2.45, 2.75) is 38.5 Å². The molecule has 0 spiro atoms. The second-order valence-corrected chi connectivity index (χ2v) is 8.01. The van der Waals surface area contributed by atoms with Crippen molar-refractivity contribution >= 4 is 16.5 Å². The van der Waals surface area contributed by atoms with Gasteiger partial charge in [0.05, 0.1) is 4.92 Å². The Labute approximate surface area is 122 Å². The Bertz CT molecular complexity index is 480. The highest BCUT2D eigenvalue weighted by Gasteiger charge is 2.19. The Morgan fingerprint density at radius 3 is 2.30 bits per heavy atom. The van der Waals surface area contributed by atoms with Gasteiger partial charge in [0.2, 0.25) is 0 Å². The number of nitrogens with zero attached hydrogens (tertiary/aromatic N) is 1. The van der Waals surface area contributed by atoms with Crippen LogP contribution in [0.2, 0.25) is 0 Å². The molecule has 112 valence electrons. The molecule has 0 aliphatic heterocycles. The zero-order valence-electron chi connectivity index (χ0n) is 12.4. The highest BCUT2D eigenvalue weighted by molar-refractivity contribution is 7.86. The van der Waals surface area contributed by atoms with Gasteiger partial charge in [-0.2, -0.15) is 0 Å². The lowest BCUT2D eigenvalue weighted by molar-refractivity contribution is -0.384. The minimum absolute atomic E-state index is 0.0766. The van der Waals surface area contributed by atoms with Gasteiger partial charge in [-0.05, 0) is 33.3 Å². The van der Waals surface area contributed by atoms with Gasteiger partial charge >= 0.3 is 0 Å². The molecular weight excluding hydrogens is 276 g/mol. The monoisotopic (exact) mass is 298 g/mol. The first kappa shape index (κ1) is 16.8. The van der Waals surface area contributed by atoms with Gasteiger partial charge in [-0.15, -0.1) is 0 Å². The van der Waals surface area contributed by atoms with E-state index in [4.69, 9.17) is 0 Å². The molecule has 2 atom stereocenters. The van der Waals surface area contributed by atoms with E-state index in [1.165, 1.54) is 12.1 Å². The molecule has 0 unspecified atom stereocenters. The Hall–Kier alpha value is -1.27. The molecule has 1 rings (SSSR count). The lowest BCUT2D eigenvalue weighted by Gasteiger charge is -2.19. The first-order chi connectivity index (χ1) is 9.21. The summed E-state index contributed by atoms with van der Waals surface area (Å²) in [4.78, 5) is 10.2. The minimum Gasteiger partial charge on any atom is -0.309 e. The second-order valence-electron chi connectivity index (χ2n) is 5.69. The third-order valence-corrected chi connectivity index (χ3v) is 4.97. The normalized spacial score (nSPS) is 14.8. The average Bonchev–Trinajstić information content (AvgIpc) is 2.37. The first-order valence-corrected chi connectivity index (χ1v) is 7.90. The molecule has 6 heteroatoms. The van der Waals surface area contributed by atoms with Crippen LogP contribution in [0.4, 0.5) is 5.69 Å². The van der Waals surface area contributed by atoms with Gasteiger partial charge in [0, 0.05) is 46.0 Å². The van der Waals surface area contributed by atoms with Crippen LogP contribution in [0.5, 0.6) is 0 Å². The largest absolute Gasteiger partial charge is 0.309 e. The highest BCUT2D eigenvalue weighted by Crippen LogP contribution is 2.17. The second kappa shape index (κ2) is 6.95. The molecule has 0 aromatic heterocycles. The fraction of sp³-hybridized carbons (Fsp3) is 0.571. The molecule has 0 radical (unpaired) electrons. The summed E-state index contributed by atoms with van der Waals surface area (Å²) in [6, 6.07) is 6.57. The van der Waals surface area contributed by atoms with E-state index in [0.717, 1.165) is 5.56 Å². The maximum Gasteiger partial charge on any atom is 0.269 e. The van der Waals surface area contributed by atoms with Gasteiger partial charge in [-0.1, -0.05) is 12.1 Å². The summed E-state index contributed by atoms with van der Waals surface area (Å²) in [5, 5.41) is 13.9. The first-order valence-electron chi connectivity index (χ1n) is 6.58. The molecule has 5 nitrogen and oxygen atoms in total. The van der Waals surface area contributed by atoms with E-state index in [2.05, 4.69) is 5.32 Å². The maximum atomic E-state index is 11.9. The van der Waals surface area contributed by atoms with Crippen molar-refractivity contribution in [3.8, 4) is 0 Å². The standard InChI is InChI=1S/C14H22N2O3S/c1-11(15-9-10-20(19)14(2,3)4)12-5-7-13(8-6-12)16(17)18/h5-8,11,15H,9-10H2,1-4H3/t11-,20+/m1/s1. The summed E-state index contributed by atoms with van der Waals surface area (Å²) >= 11 is 0. The Morgan fingerprint density at radius 1 is 1.30 bits per heavy atom. The molecule has 1 aromatic carbocycles. The molecule has 1 N–H and O–H groups in total. The summed E-state index contributed by atoms with van der Waals surface area (Å²) < 4.78 is 11.7. The molecule has 0 aliphatic carbocycles. The fourth-order valence-corrected chi connectivity index (χ4v) is 2.59. The predicted octanol–water partition coefficient (Wildman–Crippen LogP) is 2.79. The van der Waals surface area contributed by atoms with Crippen LogP contribution in [-0.4, -0.2) is 26.2 Å². The average molecular weight is 298 g/mol. The smallest absolute Gasteiger partial charge is 0.269 e. The van der Waals surface area contributed by atoms with Crippen molar-refractivity contribution < 1.29 is 9.13 Å². The molecule has 20 heavy (non-hydrogen) atoms. The number of non-ortho nitro benzene ring substituents is 1. The molecule has 0 saturated heterocycles. The Balaban J connectivity index is 2.49. The summed E-state index contributed by atoms with van der Waals surface area (Å²) in [7, 11) is -0.872. The van der Waals surface area contributed by atoms with Crippen molar-refractivity contribution in [3.05, 3.63) is 39.9 Å². The number of hydrogen-bond acceptors (Lipinski definition) is 4. The molecule has 0 aliphatic rings. The number of nitrogens with one attached hydrogen (secondary N) is 1. The fourth-order valence-electron chi connectivity index (χ4n) is 1.68. The molecule has 0 amide bonds. The van der Waals surface area contributed by atoms with Crippen molar-refractivity contribution in [1.29, 1.82) is 0 Å². The van der Waals surface area contributed by atoms with E-state index in [1.54, 1.807) is 12.1 Å². The van der Waals surface area contributed by atoms with E-state index in [-0.39, 0.29) is 16.5 Å². The van der Waals surface area contributed by atoms with Gasteiger partial charge in [0.25, 0.3) is 5.69 Å². The molecule has 0 fully saturated rings. The predicted molar refractivity (Wildman–Crippen MR) is 82.3 cm³/mol.